The number of carboxylic acid groups (broad SMARTS) is 1. The second kappa shape index (κ2) is 16.2. The highest BCUT2D eigenvalue weighted by atomic mass is 16.4. The predicted molar refractivity (Wildman–Crippen MR) is 143 cm³/mol. The van der Waals surface area contributed by atoms with Crippen LogP contribution in [0.15, 0.2) is 35.3 Å². The maximum absolute atomic E-state index is 13.1. The van der Waals surface area contributed by atoms with Gasteiger partial charge in [0.05, 0.1) is 12.1 Å². The summed E-state index contributed by atoms with van der Waals surface area (Å²) in [5, 5.41) is 27.2. The first kappa shape index (κ1) is 32.3. The van der Waals surface area contributed by atoms with Crippen LogP contribution in [0.5, 0.6) is 0 Å². The number of nitrogens with zero attached hydrogens (tertiary/aromatic N) is 1. The van der Waals surface area contributed by atoms with E-state index in [0.29, 0.717) is 18.4 Å². The fraction of sp³-hybridized carbons (Fsp3) is 0.560. The third-order valence-electron chi connectivity index (χ3n) is 6.10. The molecule has 0 spiro atoms. The van der Waals surface area contributed by atoms with Crippen molar-refractivity contribution in [3.8, 4) is 0 Å². The number of aliphatic hydroxyl groups is 1. The van der Waals surface area contributed by atoms with Gasteiger partial charge in [0.15, 0.2) is 5.96 Å². The van der Waals surface area contributed by atoms with Crippen molar-refractivity contribution in [2.45, 2.75) is 76.7 Å². The van der Waals surface area contributed by atoms with Crippen molar-refractivity contribution in [2.75, 3.05) is 6.54 Å². The highest BCUT2D eigenvalue weighted by molar-refractivity contribution is 5.94. The summed E-state index contributed by atoms with van der Waals surface area (Å²) in [5.74, 6) is -3.74. The number of rotatable bonds is 16. The number of nitrogens with two attached hydrogens (primary N) is 3. The fourth-order valence-corrected chi connectivity index (χ4v) is 3.52. The van der Waals surface area contributed by atoms with Gasteiger partial charge in [-0.1, -0.05) is 50.6 Å². The van der Waals surface area contributed by atoms with Crippen LogP contribution in [-0.2, 0) is 25.6 Å². The van der Waals surface area contributed by atoms with Gasteiger partial charge in [-0.05, 0) is 31.2 Å². The molecule has 0 aliphatic rings. The Morgan fingerprint density at radius 3 is 2.08 bits per heavy atom. The third kappa shape index (κ3) is 11.1. The molecule has 0 saturated carbocycles. The van der Waals surface area contributed by atoms with Gasteiger partial charge in [-0.3, -0.25) is 19.4 Å². The Balaban J connectivity index is 3.01. The number of aliphatic imine (C=N–C) groups is 1. The molecule has 0 aromatic heterocycles. The highest BCUT2D eigenvalue weighted by Gasteiger charge is 2.33. The summed E-state index contributed by atoms with van der Waals surface area (Å²) in [7, 11) is 0. The minimum atomic E-state index is -1.49. The lowest BCUT2D eigenvalue weighted by Crippen LogP contribution is -2.60. The van der Waals surface area contributed by atoms with E-state index in [4.69, 9.17) is 17.2 Å². The number of amides is 3. The van der Waals surface area contributed by atoms with Gasteiger partial charge < -0.3 is 43.4 Å². The Morgan fingerprint density at radius 1 is 0.947 bits per heavy atom. The van der Waals surface area contributed by atoms with Crippen LogP contribution in [0, 0.1) is 5.92 Å². The minimum Gasteiger partial charge on any atom is -0.480 e. The quantitative estimate of drug-likeness (QED) is 0.0703. The van der Waals surface area contributed by atoms with Crippen LogP contribution in [0.2, 0.25) is 0 Å². The standard InChI is InChI=1S/C25H41N7O6/c1-4-14(2)19(26)22(35)30-17(11-8-12-29-25(27)28)21(34)32-20(15(3)33)23(36)31-18(24(37)38)13-16-9-6-5-7-10-16/h5-7,9-10,14-15,17-20,33H,4,8,11-13,26H2,1-3H3,(H,30,35)(H,31,36)(H,32,34)(H,37,38)(H4,27,28,29). The molecule has 6 atom stereocenters. The molecule has 3 amide bonds. The lowest BCUT2D eigenvalue weighted by Gasteiger charge is -2.27. The number of aliphatic hydroxyl groups excluding tert-OH is 1. The molecule has 1 aromatic rings. The van der Waals surface area contributed by atoms with E-state index < -0.39 is 54.0 Å². The van der Waals surface area contributed by atoms with Crippen LogP contribution in [0.3, 0.4) is 0 Å². The molecule has 11 N–H and O–H groups in total. The van der Waals surface area contributed by atoms with Crippen LogP contribution in [0.25, 0.3) is 0 Å². The summed E-state index contributed by atoms with van der Waals surface area (Å²) in [4.78, 5) is 54.4. The molecule has 0 bridgehead atoms. The first-order chi connectivity index (χ1) is 17.9. The number of nitrogens with one attached hydrogen (secondary N) is 3. The van der Waals surface area contributed by atoms with Crippen LogP contribution in [0.4, 0.5) is 0 Å². The van der Waals surface area contributed by atoms with Gasteiger partial charge >= 0.3 is 5.97 Å². The highest BCUT2D eigenvalue weighted by Crippen LogP contribution is 2.08. The first-order valence-electron chi connectivity index (χ1n) is 12.5. The molecule has 212 valence electrons. The van der Waals surface area contributed by atoms with Gasteiger partial charge in [0.1, 0.15) is 18.1 Å². The number of hydrogen-bond donors (Lipinski definition) is 8. The zero-order valence-electron chi connectivity index (χ0n) is 22.1. The van der Waals surface area contributed by atoms with Crippen molar-refractivity contribution in [1.29, 1.82) is 0 Å². The number of benzene rings is 1. The second-order valence-electron chi connectivity index (χ2n) is 9.24. The summed E-state index contributed by atoms with van der Waals surface area (Å²) in [6, 6.07) is 3.93. The molecule has 38 heavy (non-hydrogen) atoms. The third-order valence-corrected chi connectivity index (χ3v) is 6.10. The molecule has 1 aromatic carbocycles. The zero-order valence-corrected chi connectivity index (χ0v) is 22.1. The van der Waals surface area contributed by atoms with Gasteiger partial charge in [-0.2, -0.15) is 0 Å². The SMILES string of the molecule is CCC(C)C(N)C(=O)NC(CCCN=C(N)N)C(=O)NC(C(=O)NC(Cc1ccccc1)C(=O)O)C(C)O. The smallest absolute Gasteiger partial charge is 0.326 e. The van der Waals surface area contributed by atoms with E-state index in [2.05, 4.69) is 20.9 Å². The van der Waals surface area contributed by atoms with Crippen molar-refractivity contribution >= 4 is 29.7 Å². The second-order valence-corrected chi connectivity index (χ2v) is 9.24. The molecule has 0 saturated heterocycles. The van der Waals surface area contributed by atoms with Gasteiger partial charge in [0.25, 0.3) is 0 Å². The lowest BCUT2D eigenvalue weighted by molar-refractivity contribution is -0.143. The Kier molecular flexibility index (Phi) is 13.8. The van der Waals surface area contributed by atoms with E-state index in [1.165, 1.54) is 6.92 Å². The van der Waals surface area contributed by atoms with Crippen molar-refractivity contribution in [3.63, 3.8) is 0 Å². The first-order valence-corrected chi connectivity index (χ1v) is 12.5. The fourth-order valence-electron chi connectivity index (χ4n) is 3.52. The minimum absolute atomic E-state index is 0.000630. The Hall–Kier alpha value is -3.71. The molecule has 13 heteroatoms. The van der Waals surface area contributed by atoms with Crippen molar-refractivity contribution in [3.05, 3.63) is 35.9 Å². The molecular weight excluding hydrogens is 494 g/mol. The molecular formula is C25H41N7O6. The number of carbonyl (C=O) groups is 4. The number of carbonyl (C=O) groups excluding carboxylic acids is 3. The van der Waals surface area contributed by atoms with E-state index in [1.54, 1.807) is 37.3 Å². The summed E-state index contributed by atoms with van der Waals surface area (Å²) >= 11 is 0. The zero-order chi connectivity index (χ0) is 28.8. The van der Waals surface area contributed by atoms with E-state index in [-0.39, 0.29) is 31.3 Å². The largest absolute Gasteiger partial charge is 0.480 e. The molecule has 0 heterocycles. The number of aliphatic carboxylic acids is 1. The Labute approximate surface area is 222 Å². The summed E-state index contributed by atoms with van der Waals surface area (Å²) in [6.45, 7) is 5.16. The van der Waals surface area contributed by atoms with E-state index in [0.717, 1.165) is 0 Å². The predicted octanol–water partition coefficient (Wildman–Crippen LogP) is -1.42. The summed E-state index contributed by atoms with van der Waals surface area (Å²) in [6.07, 6.45) is -0.293. The molecule has 6 unspecified atom stereocenters. The number of hydrogen-bond acceptors (Lipinski definition) is 7. The van der Waals surface area contributed by atoms with E-state index in [9.17, 15) is 29.4 Å². The molecule has 13 nitrogen and oxygen atoms in total. The van der Waals surface area contributed by atoms with Crippen LogP contribution in [0.1, 0.15) is 45.6 Å². The molecule has 0 aliphatic carbocycles. The van der Waals surface area contributed by atoms with Gasteiger partial charge in [0.2, 0.25) is 17.7 Å². The topological polar surface area (TPSA) is 235 Å². The molecule has 0 fully saturated rings. The average molecular weight is 536 g/mol. The average Bonchev–Trinajstić information content (AvgIpc) is 2.87. The summed E-state index contributed by atoms with van der Waals surface area (Å²) in [5.41, 5.74) is 17.3. The van der Waals surface area contributed by atoms with E-state index >= 15 is 0 Å². The number of carboxylic acids is 1. The van der Waals surface area contributed by atoms with Crippen molar-refractivity contribution in [2.24, 2.45) is 28.1 Å². The van der Waals surface area contributed by atoms with Crippen molar-refractivity contribution in [1.82, 2.24) is 16.0 Å². The molecule has 1 rings (SSSR count). The van der Waals surface area contributed by atoms with Gasteiger partial charge in [0, 0.05) is 13.0 Å². The van der Waals surface area contributed by atoms with Gasteiger partial charge in [-0.25, -0.2) is 4.79 Å². The maximum Gasteiger partial charge on any atom is 0.326 e. The summed E-state index contributed by atoms with van der Waals surface area (Å²) < 4.78 is 0. The Morgan fingerprint density at radius 2 is 1.55 bits per heavy atom. The van der Waals surface area contributed by atoms with Crippen LogP contribution < -0.4 is 33.2 Å². The van der Waals surface area contributed by atoms with Crippen LogP contribution >= 0.6 is 0 Å². The van der Waals surface area contributed by atoms with Gasteiger partial charge in [-0.15, -0.1) is 0 Å². The molecule has 0 radical (unpaired) electrons. The molecule has 0 aliphatic heterocycles. The lowest BCUT2D eigenvalue weighted by atomic mass is 9.98. The van der Waals surface area contributed by atoms with Crippen LogP contribution in [-0.4, -0.2) is 76.7 Å². The van der Waals surface area contributed by atoms with E-state index in [1.807, 2.05) is 6.92 Å². The maximum atomic E-state index is 13.1. The Bertz CT molecular complexity index is 953. The van der Waals surface area contributed by atoms with Crippen molar-refractivity contribution < 1.29 is 29.4 Å². The number of guanidine groups is 1. The normalized spacial score (nSPS) is 15.6. The monoisotopic (exact) mass is 535 g/mol.